The maximum atomic E-state index is 10.1. The summed E-state index contributed by atoms with van der Waals surface area (Å²) in [7, 11) is 0.133. The largest absolute Gasteiger partial charge is 0.508 e. The molecule has 0 unspecified atom stereocenters. The minimum absolute atomic E-state index is 0.133. The molecule has 2 rings (SSSR count). The topological polar surface area (TPSA) is 20.2 Å². The Morgan fingerprint density at radius 2 is 1.43 bits per heavy atom. The van der Waals surface area contributed by atoms with Gasteiger partial charge in [-0.15, -0.1) is 7.92 Å². The van der Waals surface area contributed by atoms with Crippen molar-refractivity contribution in [3.8, 4) is 5.75 Å². The van der Waals surface area contributed by atoms with Crippen molar-refractivity contribution in [2.75, 3.05) is 18.5 Å². The van der Waals surface area contributed by atoms with Gasteiger partial charge in [0, 0.05) is 0 Å². The Hall–Kier alpha value is -1.33. The molecule has 2 aromatic carbocycles. The molecule has 2 heteroatoms. The molecule has 0 aliphatic heterocycles. The Bertz CT molecular complexity index is 600. The van der Waals surface area contributed by atoms with E-state index in [0.29, 0.717) is 5.75 Å². The molecule has 0 aliphatic carbocycles. The molecule has 0 atom stereocenters. The van der Waals surface area contributed by atoms with E-state index in [1.165, 1.54) is 35.2 Å². The highest BCUT2D eigenvalue weighted by atomic mass is 31.1. The van der Waals surface area contributed by atoms with Gasteiger partial charge >= 0.3 is 0 Å². The van der Waals surface area contributed by atoms with Crippen LogP contribution in [-0.2, 0) is 19.3 Å². The first-order chi connectivity index (χ1) is 11.2. The van der Waals surface area contributed by atoms with E-state index in [-0.39, 0.29) is 7.92 Å². The SMILES string of the molecule is CCc1ccc(Cc2ccc(O)c(CCP(CC)CC)c2)cc1. The van der Waals surface area contributed by atoms with Crippen LogP contribution in [0.4, 0.5) is 0 Å². The Morgan fingerprint density at radius 3 is 2.04 bits per heavy atom. The average Bonchev–Trinajstić information content (AvgIpc) is 2.59. The molecule has 0 bridgehead atoms. The van der Waals surface area contributed by atoms with Crippen LogP contribution in [0.2, 0.25) is 0 Å². The first-order valence-electron chi connectivity index (χ1n) is 8.77. The molecule has 1 N–H and O–H groups in total. The van der Waals surface area contributed by atoms with Gasteiger partial charge in [0.25, 0.3) is 0 Å². The summed E-state index contributed by atoms with van der Waals surface area (Å²) in [4.78, 5) is 0. The van der Waals surface area contributed by atoms with Gasteiger partial charge in [-0.2, -0.15) is 0 Å². The highest BCUT2D eigenvalue weighted by Gasteiger charge is 2.08. The molecule has 0 fully saturated rings. The van der Waals surface area contributed by atoms with E-state index in [1.54, 1.807) is 0 Å². The van der Waals surface area contributed by atoms with Gasteiger partial charge in [0.05, 0.1) is 0 Å². The number of rotatable bonds is 8. The minimum Gasteiger partial charge on any atom is -0.508 e. The van der Waals surface area contributed by atoms with Gasteiger partial charge in [-0.05, 0) is 66.1 Å². The van der Waals surface area contributed by atoms with Crippen LogP contribution in [0.3, 0.4) is 0 Å². The number of aromatic hydroxyl groups is 1. The molecule has 0 aliphatic rings. The van der Waals surface area contributed by atoms with Crippen molar-refractivity contribution in [3.63, 3.8) is 0 Å². The third-order valence-electron chi connectivity index (χ3n) is 4.58. The summed E-state index contributed by atoms with van der Waals surface area (Å²) in [5.41, 5.74) is 5.12. The molecule has 1 nitrogen and oxygen atoms in total. The van der Waals surface area contributed by atoms with Gasteiger partial charge in [0.15, 0.2) is 0 Å². The Balaban J connectivity index is 2.06. The zero-order valence-electron chi connectivity index (χ0n) is 14.7. The molecule has 0 radical (unpaired) electrons. The lowest BCUT2D eigenvalue weighted by atomic mass is 10.00. The highest BCUT2D eigenvalue weighted by Crippen LogP contribution is 2.35. The highest BCUT2D eigenvalue weighted by molar-refractivity contribution is 7.57. The molecular formula is C21H29OP. The molecule has 0 aromatic heterocycles. The monoisotopic (exact) mass is 328 g/mol. The standard InChI is InChI=1S/C21H29OP/c1-4-17-7-9-18(10-8-17)15-19-11-12-21(22)20(16-19)13-14-23(5-2)6-3/h7-12,16,22H,4-6,13-15H2,1-3H3. The number of phenolic OH excluding ortho intramolecular Hbond substituents is 1. The maximum Gasteiger partial charge on any atom is 0.118 e. The Labute approximate surface area is 142 Å². The lowest BCUT2D eigenvalue weighted by Gasteiger charge is -2.14. The van der Waals surface area contributed by atoms with Crippen LogP contribution in [0.15, 0.2) is 42.5 Å². The second-order valence-corrected chi connectivity index (χ2v) is 9.14. The van der Waals surface area contributed by atoms with Crippen LogP contribution in [0.5, 0.6) is 5.75 Å². The van der Waals surface area contributed by atoms with E-state index in [9.17, 15) is 5.11 Å². The molecule has 0 heterocycles. The Kier molecular flexibility index (Phi) is 7.12. The van der Waals surface area contributed by atoms with Crippen molar-refractivity contribution >= 4 is 7.92 Å². The van der Waals surface area contributed by atoms with Gasteiger partial charge < -0.3 is 5.11 Å². The second-order valence-electron chi connectivity index (χ2n) is 6.09. The van der Waals surface area contributed by atoms with E-state index in [4.69, 9.17) is 0 Å². The number of hydrogen-bond acceptors (Lipinski definition) is 1. The fraction of sp³-hybridized carbons (Fsp3) is 0.429. The summed E-state index contributed by atoms with van der Waals surface area (Å²) in [6.07, 6.45) is 6.83. The number of phenols is 1. The van der Waals surface area contributed by atoms with Crippen LogP contribution < -0.4 is 0 Å². The van der Waals surface area contributed by atoms with Gasteiger partial charge in [-0.25, -0.2) is 0 Å². The van der Waals surface area contributed by atoms with Crippen LogP contribution in [0.1, 0.15) is 43.0 Å². The molecular weight excluding hydrogens is 299 g/mol. The fourth-order valence-corrected chi connectivity index (χ4v) is 4.53. The van der Waals surface area contributed by atoms with Gasteiger partial charge in [-0.1, -0.05) is 57.2 Å². The fourth-order valence-electron chi connectivity index (χ4n) is 2.90. The van der Waals surface area contributed by atoms with E-state index in [0.717, 1.165) is 24.8 Å². The smallest absolute Gasteiger partial charge is 0.118 e. The molecule has 23 heavy (non-hydrogen) atoms. The first-order valence-corrected chi connectivity index (χ1v) is 10.7. The summed E-state index contributed by atoms with van der Waals surface area (Å²) in [5.74, 6) is 0.456. The van der Waals surface area contributed by atoms with Gasteiger partial charge in [-0.3, -0.25) is 0 Å². The molecule has 0 amide bonds. The predicted molar refractivity (Wildman–Crippen MR) is 103 cm³/mol. The number of benzene rings is 2. The van der Waals surface area contributed by atoms with Gasteiger partial charge in [0.2, 0.25) is 0 Å². The second kappa shape index (κ2) is 9.08. The number of hydrogen-bond donors (Lipinski definition) is 1. The summed E-state index contributed by atoms with van der Waals surface area (Å²) >= 11 is 0. The van der Waals surface area contributed by atoms with Crippen molar-refractivity contribution in [1.82, 2.24) is 0 Å². The van der Waals surface area contributed by atoms with Crippen LogP contribution in [0, 0.1) is 0 Å². The third-order valence-corrected chi connectivity index (χ3v) is 7.22. The van der Waals surface area contributed by atoms with Crippen molar-refractivity contribution < 1.29 is 5.11 Å². The molecule has 0 saturated heterocycles. The number of aryl methyl sites for hydroxylation is 2. The summed E-state index contributed by atoms with van der Waals surface area (Å²) in [6.45, 7) is 6.75. The molecule has 0 saturated carbocycles. The van der Waals surface area contributed by atoms with E-state index in [2.05, 4.69) is 57.2 Å². The van der Waals surface area contributed by atoms with Crippen LogP contribution in [0.25, 0.3) is 0 Å². The predicted octanol–water partition coefficient (Wildman–Crippen LogP) is 5.61. The lowest BCUT2D eigenvalue weighted by Crippen LogP contribution is -1.97. The zero-order chi connectivity index (χ0) is 16.7. The van der Waals surface area contributed by atoms with Crippen molar-refractivity contribution in [3.05, 3.63) is 64.7 Å². The summed E-state index contributed by atoms with van der Waals surface area (Å²) in [6, 6.07) is 15.0. The summed E-state index contributed by atoms with van der Waals surface area (Å²) < 4.78 is 0. The van der Waals surface area contributed by atoms with E-state index in [1.807, 2.05) is 6.07 Å². The lowest BCUT2D eigenvalue weighted by molar-refractivity contribution is 0.468. The van der Waals surface area contributed by atoms with Crippen molar-refractivity contribution in [2.24, 2.45) is 0 Å². The van der Waals surface area contributed by atoms with E-state index >= 15 is 0 Å². The first kappa shape index (κ1) is 18.0. The Morgan fingerprint density at radius 1 is 0.826 bits per heavy atom. The third kappa shape index (κ3) is 5.36. The van der Waals surface area contributed by atoms with Crippen molar-refractivity contribution in [2.45, 2.75) is 40.0 Å². The average molecular weight is 328 g/mol. The van der Waals surface area contributed by atoms with Crippen LogP contribution >= 0.6 is 7.92 Å². The quantitative estimate of drug-likeness (QED) is 0.624. The van der Waals surface area contributed by atoms with Gasteiger partial charge in [0.1, 0.15) is 5.75 Å². The van der Waals surface area contributed by atoms with Crippen molar-refractivity contribution in [1.29, 1.82) is 0 Å². The van der Waals surface area contributed by atoms with E-state index < -0.39 is 0 Å². The molecule has 0 spiro atoms. The summed E-state index contributed by atoms with van der Waals surface area (Å²) in [5, 5.41) is 10.1. The molecule has 2 aromatic rings. The normalized spacial score (nSPS) is 11.1. The minimum atomic E-state index is 0.133. The maximum absolute atomic E-state index is 10.1. The van der Waals surface area contributed by atoms with Crippen LogP contribution in [-0.4, -0.2) is 23.6 Å². The molecule has 124 valence electrons. The zero-order valence-corrected chi connectivity index (χ0v) is 15.6.